The van der Waals surface area contributed by atoms with Gasteiger partial charge >= 0.3 is 0 Å². The Labute approximate surface area is 121 Å². The van der Waals surface area contributed by atoms with Crippen molar-refractivity contribution in [2.75, 3.05) is 0 Å². The molecule has 2 aromatic rings. The summed E-state index contributed by atoms with van der Waals surface area (Å²) in [5, 5.41) is 10.1. The predicted molar refractivity (Wildman–Crippen MR) is 82.3 cm³/mol. The second-order valence-corrected chi connectivity index (χ2v) is 5.26. The van der Waals surface area contributed by atoms with Crippen molar-refractivity contribution in [3.05, 3.63) is 59.7 Å². The van der Waals surface area contributed by atoms with Gasteiger partial charge in [-0.25, -0.2) is 0 Å². The Bertz CT molecular complexity index is 561. The highest BCUT2D eigenvalue weighted by Crippen LogP contribution is 2.34. The van der Waals surface area contributed by atoms with Gasteiger partial charge in [-0.05, 0) is 30.0 Å². The molecule has 0 aliphatic carbocycles. The summed E-state index contributed by atoms with van der Waals surface area (Å²) in [4.78, 5) is 0. The maximum Gasteiger partial charge on any atom is 0.133 e. The van der Waals surface area contributed by atoms with Crippen molar-refractivity contribution in [2.24, 2.45) is 0 Å². The third-order valence-electron chi connectivity index (χ3n) is 3.43. The number of ether oxygens (including phenoxy) is 1. The molecule has 20 heavy (non-hydrogen) atoms. The Morgan fingerprint density at radius 3 is 1.95 bits per heavy atom. The summed E-state index contributed by atoms with van der Waals surface area (Å²) in [7, 11) is 0. The zero-order chi connectivity index (χ0) is 14.5. The van der Waals surface area contributed by atoms with E-state index >= 15 is 0 Å². The Morgan fingerprint density at radius 2 is 1.40 bits per heavy atom. The van der Waals surface area contributed by atoms with E-state index in [1.165, 1.54) is 5.56 Å². The van der Waals surface area contributed by atoms with Crippen LogP contribution in [-0.2, 0) is 0 Å². The van der Waals surface area contributed by atoms with Crippen LogP contribution in [0.4, 0.5) is 0 Å². The maximum atomic E-state index is 10.1. The summed E-state index contributed by atoms with van der Waals surface area (Å²) in [6.45, 7) is 6.26. The average molecular weight is 270 g/mol. The van der Waals surface area contributed by atoms with E-state index in [1.54, 1.807) is 0 Å². The SMILES string of the molecule is CC[C@@H](O)c1ccccc1Oc1ccccc1C(C)C. The van der Waals surface area contributed by atoms with Crippen molar-refractivity contribution in [3.8, 4) is 11.5 Å². The predicted octanol–water partition coefficient (Wildman–Crippen LogP) is 5.05. The average Bonchev–Trinajstić information content (AvgIpc) is 2.47. The summed E-state index contributed by atoms with van der Waals surface area (Å²) in [6.07, 6.45) is 0.184. The first-order chi connectivity index (χ1) is 9.63. The number of aliphatic hydroxyl groups excluding tert-OH is 1. The monoisotopic (exact) mass is 270 g/mol. The van der Waals surface area contributed by atoms with Crippen molar-refractivity contribution < 1.29 is 9.84 Å². The molecule has 0 saturated heterocycles. The molecule has 2 rings (SSSR count). The Hall–Kier alpha value is -1.80. The molecule has 1 N–H and O–H groups in total. The number of hydrogen-bond donors (Lipinski definition) is 1. The molecule has 0 bridgehead atoms. The second-order valence-electron chi connectivity index (χ2n) is 5.26. The minimum atomic E-state index is -0.489. The molecule has 2 nitrogen and oxygen atoms in total. The van der Waals surface area contributed by atoms with Crippen molar-refractivity contribution in [3.63, 3.8) is 0 Å². The van der Waals surface area contributed by atoms with Crippen LogP contribution in [0.1, 0.15) is 50.3 Å². The molecule has 0 radical (unpaired) electrons. The minimum absolute atomic E-state index is 0.398. The van der Waals surface area contributed by atoms with E-state index in [0.717, 1.165) is 17.1 Å². The minimum Gasteiger partial charge on any atom is -0.457 e. The number of para-hydroxylation sites is 2. The topological polar surface area (TPSA) is 29.5 Å². The van der Waals surface area contributed by atoms with E-state index < -0.39 is 6.10 Å². The van der Waals surface area contributed by atoms with Crippen LogP contribution in [-0.4, -0.2) is 5.11 Å². The molecule has 0 aliphatic rings. The van der Waals surface area contributed by atoms with Crippen LogP contribution in [0.2, 0.25) is 0 Å². The van der Waals surface area contributed by atoms with Gasteiger partial charge in [-0.15, -0.1) is 0 Å². The lowest BCUT2D eigenvalue weighted by Gasteiger charge is -2.17. The summed E-state index contributed by atoms with van der Waals surface area (Å²) in [5.74, 6) is 1.99. The van der Waals surface area contributed by atoms with Gasteiger partial charge in [-0.2, -0.15) is 0 Å². The van der Waals surface area contributed by atoms with Gasteiger partial charge in [0.25, 0.3) is 0 Å². The van der Waals surface area contributed by atoms with Gasteiger partial charge in [0.15, 0.2) is 0 Å². The summed E-state index contributed by atoms with van der Waals surface area (Å²) in [6, 6.07) is 15.7. The van der Waals surface area contributed by atoms with Crippen LogP contribution in [0.15, 0.2) is 48.5 Å². The molecule has 0 unspecified atom stereocenters. The lowest BCUT2D eigenvalue weighted by Crippen LogP contribution is -2.00. The largest absolute Gasteiger partial charge is 0.457 e. The van der Waals surface area contributed by atoms with Crippen molar-refractivity contribution in [1.82, 2.24) is 0 Å². The Kier molecular flexibility index (Phi) is 4.80. The fourth-order valence-electron chi connectivity index (χ4n) is 2.24. The van der Waals surface area contributed by atoms with Gasteiger partial charge in [0.2, 0.25) is 0 Å². The second kappa shape index (κ2) is 6.58. The van der Waals surface area contributed by atoms with Crippen molar-refractivity contribution >= 4 is 0 Å². The van der Waals surface area contributed by atoms with Gasteiger partial charge in [-0.3, -0.25) is 0 Å². The molecule has 106 valence electrons. The lowest BCUT2D eigenvalue weighted by molar-refractivity contribution is 0.170. The molecule has 0 amide bonds. The molecule has 1 atom stereocenters. The van der Waals surface area contributed by atoms with Gasteiger partial charge in [0, 0.05) is 5.56 Å². The van der Waals surface area contributed by atoms with Crippen LogP contribution >= 0.6 is 0 Å². The van der Waals surface area contributed by atoms with Gasteiger partial charge < -0.3 is 9.84 Å². The van der Waals surface area contributed by atoms with E-state index in [-0.39, 0.29) is 0 Å². The van der Waals surface area contributed by atoms with Crippen molar-refractivity contribution in [2.45, 2.75) is 39.2 Å². The number of aliphatic hydroxyl groups is 1. The molecule has 0 saturated carbocycles. The lowest BCUT2D eigenvalue weighted by atomic mass is 10.0. The fraction of sp³-hybridized carbons (Fsp3) is 0.333. The first kappa shape index (κ1) is 14.6. The zero-order valence-corrected chi connectivity index (χ0v) is 12.3. The van der Waals surface area contributed by atoms with E-state index in [2.05, 4.69) is 19.9 Å². The van der Waals surface area contributed by atoms with Crippen LogP contribution < -0.4 is 4.74 Å². The Morgan fingerprint density at radius 1 is 0.900 bits per heavy atom. The summed E-state index contributed by atoms with van der Waals surface area (Å²) in [5.41, 5.74) is 2.02. The third-order valence-corrected chi connectivity index (χ3v) is 3.43. The van der Waals surface area contributed by atoms with Crippen LogP contribution in [0, 0.1) is 0 Å². The summed E-state index contributed by atoms with van der Waals surface area (Å²) >= 11 is 0. The highest BCUT2D eigenvalue weighted by Gasteiger charge is 2.14. The molecule has 0 aliphatic heterocycles. The molecule has 0 fully saturated rings. The molecule has 0 aromatic heterocycles. The molecule has 2 aromatic carbocycles. The Balaban J connectivity index is 2.36. The van der Waals surface area contributed by atoms with Gasteiger partial charge in [0.05, 0.1) is 6.10 Å². The first-order valence-corrected chi connectivity index (χ1v) is 7.17. The number of benzene rings is 2. The van der Waals surface area contributed by atoms with Gasteiger partial charge in [-0.1, -0.05) is 57.2 Å². The van der Waals surface area contributed by atoms with E-state index in [4.69, 9.17) is 4.74 Å². The fourth-order valence-corrected chi connectivity index (χ4v) is 2.24. The van der Waals surface area contributed by atoms with Crippen LogP contribution in [0.25, 0.3) is 0 Å². The maximum absolute atomic E-state index is 10.1. The number of hydrogen-bond acceptors (Lipinski definition) is 2. The van der Waals surface area contributed by atoms with Crippen LogP contribution in [0.5, 0.6) is 11.5 Å². The molecule has 0 heterocycles. The first-order valence-electron chi connectivity index (χ1n) is 7.17. The van der Waals surface area contributed by atoms with Crippen molar-refractivity contribution in [1.29, 1.82) is 0 Å². The molecule has 2 heteroatoms. The normalized spacial score (nSPS) is 12.4. The third kappa shape index (κ3) is 3.20. The standard InChI is InChI=1S/C18H22O2/c1-4-16(19)15-10-6-8-12-18(15)20-17-11-7-5-9-14(17)13(2)3/h5-13,16,19H,4H2,1-3H3/t16-/m1/s1. The highest BCUT2D eigenvalue weighted by atomic mass is 16.5. The van der Waals surface area contributed by atoms with E-state index in [0.29, 0.717) is 12.3 Å². The quantitative estimate of drug-likeness (QED) is 0.824. The smallest absolute Gasteiger partial charge is 0.133 e. The highest BCUT2D eigenvalue weighted by molar-refractivity contribution is 5.43. The van der Waals surface area contributed by atoms with E-state index in [1.807, 2.05) is 49.4 Å². The zero-order valence-electron chi connectivity index (χ0n) is 12.3. The molecular weight excluding hydrogens is 248 g/mol. The van der Waals surface area contributed by atoms with E-state index in [9.17, 15) is 5.11 Å². The number of rotatable bonds is 5. The van der Waals surface area contributed by atoms with Gasteiger partial charge in [0.1, 0.15) is 11.5 Å². The summed E-state index contributed by atoms with van der Waals surface area (Å²) < 4.78 is 6.06. The molecular formula is C18H22O2. The van der Waals surface area contributed by atoms with Crippen LogP contribution in [0.3, 0.4) is 0 Å². The molecule has 0 spiro atoms.